The van der Waals surface area contributed by atoms with Gasteiger partial charge < -0.3 is 0 Å². The van der Waals surface area contributed by atoms with Gasteiger partial charge in [0.2, 0.25) is 12.3 Å². The Labute approximate surface area is 502 Å². The number of hydrogen-bond donors (Lipinski definition) is 0. The number of ketones is 1. The Morgan fingerprint density at radius 1 is 0.322 bits per heavy atom. The monoisotopic (exact) mass is 1310 g/mol. The summed E-state index contributed by atoms with van der Waals surface area (Å²) in [6.45, 7) is 2.70. The number of halogens is 24. The molecule has 0 bridgehead atoms. The number of carbonyl (C=O) groups excluding carboxylic acids is 1. The molecule has 0 aliphatic carbocycles. The first-order valence-electron chi connectivity index (χ1n) is 28.5. The van der Waals surface area contributed by atoms with Crippen molar-refractivity contribution in [1.82, 2.24) is 0 Å². The van der Waals surface area contributed by atoms with E-state index in [1.165, 1.54) is 108 Å². The topological polar surface area (TPSA) is 20.9 Å². The molecule has 0 aliphatic rings. The van der Waals surface area contributed by atoms with Crippen LogP contribution in [-0.4, -0.2) is 11.9 Å². The second-order valence-electron chi connectivity index (χ2n) is 21.9. The van der Waals surface area contributed by atoms with Crippen LogP contribution in [0.15, 0.2) is 128 Å². The molecule has 90 heavy (non-hydrogen) atoms. The Balaban J connectivity index is 0.000000378. The molecular weight excluding hydrogens is 1250 g/mol. The fourth-order valence-corrected chi connectivity index (χ4v) is 10.6. The number of pyridine rings is 1. The zero-order valence-corrected chi connectivity index (χ0v) is 47.9. The van der Waals surface area contributed by atoms with Gasteiger partial charge in [-0.15, -0.1) is 0 Å². The number of hydrogen-bond acceptors (Lipinski definition) is 1. The summed E-state index contributed by atoms with van der Waals surface area (Å²) in [7, 11) is 0. The summed E-state index contributed by atoms with van der Waals surface area (Å²) in [5.74, 6) is 0.158. The highest BCUT2D eigenvalue weighted by molar-refractivity contribution is 7.20. The third kappa shape index (κ3) is 21.2. The molecular formula is C63H60BF24NO. The van der Waals surface area contributed by atoms with E-state index in [0.29, 0.717) is 6.54 Å². The number of carbonyl (C=O) groups is 1. The molecule has 0 atom stereocenters. The van der Waals surface area contributed by atoms with E-state index in [9.17, 15) is 110 Å². The van der Waals surface area contributed by atoms with Gasteiger partial charge in [0.25, 0.3) is 0 Å². The molecule has 6 aromatic rings. The number of nitrogens with zero attached hydrogens (tertiary/aromatic N) is 1. The van der Waals surface area contributed by atoms with Crippen LogP contribution in [0, 0.1) is 0 Å². The van der Waals surface area contributed by atoms with Gasteiger partial charge in [0.15, 0.2) is 12.4 Å². The largest absolute Gasteiger partial charge is 0.416 e. The van der Waals surface area contributed by atoms with Crippen molar-refractivity contribution in [2.75, 3.05) is 0 Å². The van der Waals surface area contributed by atoms with E-state index < -0.39 is 195 Å². The molecule has 0 unspecified atom stereocenters. The number of alkyl halides is 24. The zero-order chi connectivity index (χ0) is 67.3. The molecule has 0 aliphatic heterocycles. The maximum absolute atomic E-state index is 14.2. The van der Waals surface area contributed by atoms with E-state index in [2.05, 4.69) is 19.1 Å². The summed E-state index contributed by atoms with van der Waals surface area (Å²) in [5.41, 5.74) is -28.0. The maximum atomic E-state index is 14.2. The first-order chi connectivity index (χ1) is 41.6. The van der Waals surface area contributed by atoms with Crippen LogP contribution in [0.4, 0.5) is 105 Å². The number of aromatic nitrogens is 1. The molecule has 1 heterocycles. The van der Waals surface area contributed by atoms with E-state index in [1.54, 1.807) is 0 Å². The van der Waals surface area contributed by atoms with Gasteiger partial charge in [-0.1, -0.05) is 182 Å². The van der Waals surface area contributed by atoms with E-state index >= 15 is 0 Å². The predicted octanol–water partition coefficient (Wildman–Crippen LogP) is 19.9. The number of benzene rings is 5. The van der Waals surface area contributed by atoms with Crippen LogP contribution in [-0.2, 0) is 62.4 Å². The van der Waals surface area contributed by atoms with Crippen molar-refractivity contribution in [3.63, 3.8) is 0 Å². The molecule has 6 rings (SSSR count). The number of Topliss-reactive ketones (excluding diaryl/α,β-unsaturated/α-hetero) is 1. The summed E-state index contributed by atoms with van der Waals surface area (Å²) >= 11 is 0. The molecule has 27 heteroatoms. The third-order valence-corrected chi connectivity index (χ3v) is 15.1. The minimum Gasteiger partial charge on any atom is -0.287 e. The highest BCUT2D eigenvalue weighted by Crippen LogP contribution is 2.42. The van der Waals surface area contributed by atoms with Crippen LogP contribution in [0.3, 0.4) is 0 Å². The maximum Gasteiger partial charge on any atom is 0.416 e. The summed E-state index contributed by atoms with van der Waals surface area (Å²) in [6, 6.07) is 5.07. The molecule has 0 radical (unpaired) electrons. The second-order valence-corrected chi connectivity index (χ2v) is 21.9. The van der Waals surface area contributed by atoms with Gasteiger partial charge in [-0.2, -0.15) is 132 Å². The van der Waals surface area contributed by atoms with Crippen molar-refractivity contribution in [3.8, 4) is 0 Å². The van der Waals surface area contributed by atoms with E-state index in [-0.39, 0.29) is 5.78 Å². The Morgan fingerprint density at radius 3 is 0.789 bits per heavy atom. The first kappa shape index (κ1) is 74.0. The predicted molar refractivity (Wildman–Crippen MR) is 291 cm³/mol. The molecule has 0 fully saturated rings. The molecule has 0 amide bonds. The third-order valence-electron chi connectivity index (χ3n) is 15.1. The molecule has 1 aromatic heterocycles. The van der Waals surface area contributed by atoms with Crippen molar-refractivity contribution < 1.29 is 115 Å². The lowest BCUT2D eigenvalue weighted by Gasteiger charge is -2.46. The smallest absolute Gasteiger partial charge is 0.287 e. The van der Waals surface area contributed by atoms with Crippen LogP contribution in [0.5, 0.6) is 0 Å². The van der Waals surface area contributed by atoms with E-state index in [1.807, 2.05) is 47.3 Å². The number of rotatable bonds is 24. The van der Waals surface area contributed by atoms with Crippen molar-refractivity contribution in [1.29, 1.82) is 0 Å². The van der Waals surface area contributed by atoms with Crippen LogP contribution >= 0.6 is 0 Å². The van der Waals surface area contributed by atoms with E-state index in [4.69, 9.17) is 0 Å². The molecule has 494 valence electrons. The average Bonchev–Trinajstić information content (AvgIpc) is 0.721. The van der Waals surface area contributed by atoms with Crippen molar-refractivity contribution >= 4 is 33.8 Å². The summed E-state index contributed by atoms with van der Waals surface area (Å²) in [5, 5.41) is 0. The minimum atomic E-state index is -6.13. The number of unbranched alkanes of at least 4 members (excludes halogenated alkanes) is 15. The Hall–Kier alpha value is -6.70. The van der Waals surface area contributed by atoms with Gasteiger partial charge in [-0.25, -0.2) is 0 Å². The minimum absolute atomic E-state index is 0.158. The van der Waals surface area contributed by atoms with Crippen molar-refractivity contribution in [3.05, 3.63) is 183 Å². The molecule has 5 aromatic carbocycles. The first-order valence-corrected chi connectivity index (χ1v) is 28.5. The van der Waals surface area contributed by atoms with Crippen molar-refractivity contribution in [2.24, 2.45) is 0 Å². The highest BCUT2D eigenvalue weighted by Gasteiger charge is 2.47. The van der Waals surface area contributed by atoms with Gasteiger partial charge >= 0.3 is 49.4 Å². The summed E-state index contributed by atoms with van der Waals surface area (Å²) < 4.78 is 343. The van der Waals surface area contributed by atoms with Gasteiger partial charge in [0.1, 0.15) is 6.15 Å². The fourth-order valence-electron chi connectivity index (χ4n) is 10.6. The standard InChI is InChI=1S/C32H12BF24.C31H48NO/c34-25(35,36)13-1-14(26(37,38)39)6-21(5-13)33(22-7-15(27(40,41)42)2-16(8-22)28(43,44)45,23-9-17(29(46,47)48)3-18(10-23)30(49,50)51)24-11-19(31(52,53)54)4-20(12-24)32(55,56)57;1-2-3-4-5-6-7-8-9-10-11-12-13-14-15-16-18-21-29-24-26-32(27-25-29)28-31(33)30-22-19-17-20-23-30/h1-12H;17,19-20,22-27H,2-16,18,21,28H2,1H3/q-1;+1. The quantitative estimate of drug-likeness (QED) is 0.0195. The Bertz CT molecular complexity index is 2820. The Morgan fingerprint density at radius 2 is 0.556 bits per heavy atom. The van der Waals surface area contributed by atoms with Gasteiger partial charge in [-0.3, -0.25) is 4.79 Å². The Kier molecular flexibility index (Phi) is 24.8. The molecule has 0 N–H and O–H groups in total. The fraction of sp³-hybridized carbons (Fsp3) is 0.429. The highest BCUT2D eigenvalue weighted by atomic mass is 19.4. The van der Waals surface area contributed by atoms with Crippen LogP contribution in [0.1, 0.15) is 170 Å². The lowest BCUT2D eigenvalue weighted by atomic mass is 9.12. The van der Waals surface area contributed by atoms with Gasteiger partial charge in [0.05, 0.1) is 44.5 Å². The van der Waals surface area contributed by atoms with Crippen molar-refractivity contribution in [2.45, 2.75) is 172 Å². The SMILES string of the molecule is CCCCCCCCCCCCCCCCCCc1cc[n+](CC(=O)c2ccccc2)cc1.FC(F)(F)c1cc([B-](c2cc(C(F)(F)F)cc(C(F)(F)F)c2)(c2cc(C(F)(F)F)cc(C(F)(F)F)c2)c2cc(C(F)(F)F)cc(C(F)(F)F)c2)cc(C(F)(F)F)c1. The normalized spacial score (nSPS) is 13.1. The van der Waals surface area contributed by atoms with Crippen LogP contribution in [0.2, 0.25) is 0 Å². The van der Waals surface area contributed by atoms with Gasteiger partial charge in [-0.05, 0) is 42.7 Å². The van der Waals surface area contributed by atoms with Crippen LogP contribution < -0.4 is 26.4 Å². The average molecular weight is 1310 g/mol. The lowest BCUT2D eigenvalue weighted by molar-refractivity contribution is -0.683. The zero-order valence-electron chi connectivity index (χ0n) is 47.9. The lowest BCUT2D eigenvalue weighted by Crippen LogP contribution is -2.75. The van der Waals surface area contributed by atoms with Gasteiger partial charge in [0, 0.05) is 17.7 Å². The van der Waals surface area contributed by atoms with Crippen LogP contribution in [0.25, 0.3) is 0 Å². The molecule has 0 saturated carbocycles. The molecule has 0 spiro atoms. The summed E-state index contributed by atoms with van der Waals surface area (Å²) in [4.78, 5) is 12.3. The summed E-state index contributed by atoms with van der Waals surface area (Å²) in [6.07, 6.45) is -27.0. The van der Waals surface area contributed by atoms with E-state index in [0.717, 1.165) is 12.0 Å². The number of aryl methyl sites for hydroxylation is 1. The molecule has 2 nitrogen and oxygen atoms in total. The molecule has 0 saturated heterocycles. The second kappa shape index (κ2) is 30.2.